The number of esters is 1. The molecule has 1 N–H and O–H groups in total. The second-order valence-corrected chi connectivity index (χ2v) is 7.55. The highest BCUT2D eigenvalue weighted by atomic mass is 32.2. The van der Waals surface area contributed by atoms with E-state index >= 15 is 0 Å². The zero-order valence-corrected chi connectivity index (χ0v) is 17.4. The second-order valence-electron chi connectivity index (χ2n) is 5.79. The van der Waals surface area contributed by atoms with E-state index in [-0.39, 0.29) is 11.4 Å². The van der Waals surface area contributed by atoms with E-state index in [1.807, 2.05) is 0 Å². The first-order chi connectivity index (χ1) is 13.8. The summed E-state index contributed by atoms with van der Waals surface area (Å²) in [6.45, 7) is 0.0152. The summed E-state index contributed by atoms with van der Waals surface area (Å²) >= 11 is 0. The Morgan fingerprint density at radius 2 is 1.66 bits per heavy atom. The van der Waals surface area contributed by atoms with Crippen LogP contribution in [-0.2, 0) is 26.1 Å². The van der Waals surface area contributed by atoms with Gasteiger partial charge in [0.2, 0.25) is 15.8 Å². The molecule has 0 heterocycles. The van der Waals surface area contributed by atoms with Gasteiger partial charge in [-0.15, -0.1) is 0 Å². The van der Waals surface area contributed by atoms with Crippen molar-refractivity contribution in [1.82, 2.24) is 4.72 Å². The summed E-state index contributed by atoms with van der Waals surface area (Å²) in [5.74, 6) is 0.748. The first-order valence-electron chi connectivity index (χ1n) is 8.49. The van der Waals surface area contributed by atoms with Crippen molar-refractivity contribution in [2.75, 3.05) is 28.4 Å². The highest BCUT2D eigenvalue weighted by Crippen LogP contribution is 2.38. The van der Waals surface area contributed by atoms with Gasteiger partial charge in [0, 0.05) is 12.6 Å². The number of nitrogens with one attached hydrogen (secondary N) is 1. The third-order valence-corrected chi connectivity index (χ3v) is 5.37. The number of carbonyl (C=O) groups excluding carboxylic acids is 1. The van der Waals surface area contributed by atoms with Gasteiger partial charge in [-0.2, -0.15) is 0 Å². The number of hydrogen-bond acceptors (Lipinski definition) is 7. The van der Waals surface area contributed by atoms with Gasteiger partial charge in [0.05, 0.1) is 33.3 Å². The van der Waals surface area contributed by atoms with Crippen LogP contribution in [0.15, 0.2) is 47.4 Å². The minimum Gasteiger partial charge on any atom is -0.493 e. The lowest BCUT2D eigenvalue weighted by atomic mass is 10.2. The van der Waals surface area contributed by atoms with Crippen LogP contribution in [0.5, 0.6) is 17.2 Å². The van der Waals surface area contributed by atoms with Gasteiger partial charge in [-0.05, 0) is 41.5 Å². The van der Waals surface area contributed by atoms with Crippen LogP contribution in [0.2, 0.25) is 0 Å². The van der Waals surface area contributed by atoms with Crippen LogP contribution in [-0.4, -0.2) is 42.8 Å². The average molecular weight is 421 g/mol. The molecule has 0 saturated heterocycles. The van der Waals surface area contributed by atoms with Crippen molar-refractivity contribution < 1.29 is 32.2 Å². The van der Waals surface area contributed by atoms with Crippen LogP contribution in [0.1, 0.15) is 11.1 Å². The van der Waals surface area contributed by atoms with Gasteiger partial charge in [0.1, 0.15) is 0 Å². The molecule has 0 fully saturated rings. The molecule has 2 aromatic carbocycles. The third kappa shape index (κ3) is 5.72. The molecule has 0 spiro atoms. The number of ether oxygens (including phenoxy) is 4. The maximum atomic E-state index is 12.7. The Morgan fingerprint density at radius 1 is 1.00 bits per heavy atom. The first kappa shape index (κ1) is 22.3. The molecule has 29 heavy (non-hydrogen) atoms. The van der Waals surface area contributed by atoms with Crippen LogP contribution >= 0.6 is 0 Å². The Labute approximate surface area is 170 Å². The maximum absolute atomic E-state index is 12.7. The molecule has 2 aromatic rings. The number of hydrogen-bond donors (Lipinski definition) is 1. The Balaban J connectivity index is 2.22. The molecule has 0 radical (unpaired) electrons. The predicted octanol–water partition coefficient (Wildman–Crippen LogP) is 2.38. The second kappa shape index (κ2) is 9.94. The van der Waals surface area contributed by atoms with E-state index in [4.69, 9.17) is 14.2 Å². The number of methoxy groups -OCH3 is 4. The largest absolute Gasteiger partial charge is 0.493 e. The topological polar surface area (TPSA) is 100 Å². The molecule has 0 aromatic heterocycles. The van der Waals surface area contributed by atoms with Crippen LogP contribution in [0, 0.1) is 0 Å². The van der Waals surface area contributed by atoms with Gasteiger partial charge in [0.15, 0.2) is 11.5 Å². The molecule has 0 aliphatic carbocycles. The number of carbonyl (C=O) groups is 1. The monoisotopic (exact) mass is 421 g/mol. The predicted molar refractivity (Wildman–Crippen MR) is 108 cm³/mol. The lowest BCUT2D eigenvalue weighted by Gasteiger charge is -2.14. The van der Waals surface area contributed by atoms with E-state index in [0.717, 1.165) is 0 Å². The summed E-state index contributed by atoms with van der Waals surface area (Å²) in [4.78, 5) is 11.3. The quantitative estimate of drug-likeness (QED) is 0.490. The Kier molecular flexibility index (Phi) is 7.63. The summed E-state index contributed by atoms with van der Waals surface area (Å²) in [7, 11) is 1.93. The Morgan fingerprint density at radius 3 is 2.21 bits per heavy atom. The van der Waals surface area contributed by atoms with Crippen molar-refractivity contribution in [3.05, 3.63) is 53.6 Å². The minimum atomic E-state index is -3.79. The van der Waals surface area contributed by atoms with Crippen LogP contribution in [0.25, 0.3) is 6.08 Å². The first-order valence-corrected chi connectivity index (χ1v) is 9.97. The Hall–Kier alpha value is -3.04. The van der Waals surface area contributed by atoms with E-state index in [1.165, 1.54) is 52.7 Å². The molecule has 2 rings (SSSR count). The smallest absolute Gasteiger partial charge is 0.330 e. The lowest BCUT2D eigenvalue weighted by Crippen LogP contribution is -2.23. The molecule has 0 amide bonds. The van der Waals surface area contributed by atoms with Crippen molar-refractivity contribution in [2.24, 2.45) is 0 Å². The third-order valence-electron chi connectivity index (χ3n) is 3.97. The molecule has 8 nitrogen and oxygen atoms in total. The van der Waals surface area contributed by atoms with E-state index < -0.39 is 16.0 Å². The van der Waals surface area contributed by atoms with E-state index in [1.54, 1.807) is 24.3 Å². The van der Waals surface area contributed by atoms with Crippen LogP contribution < -0.4 is 18.9 Å². The molecule has 9 heteroatoms. The zero-order valence-electron chi connectivity index (χ0n) is 16.6. The number of rotatable bonds is 9. The van der Waals surface area contributed by atoms with E-state index in [2.05, 4.69) is 9.46 Å². The summed E-state index contributed by atoms with van der Waals surface area (Å²) in [6.07, 6.45) is 2.69. The highest BCUT2D eigenvalue weighted by Gasteiger charge is 2.17. The van der Waals surface area contributed by atoms with Crippen molar-refractivity contribution in [1.29, 1.82) is 0 Å². The molecular formula is C20H23NO7S. The van der Waals surface area contributed by atoms with Gasteiger partial charge >= 0.3 is 5.97 Å². The Bertz CT molecular complexity index is 975. The van der Waals surface area contributed by atoms with Crippen molar-refractivity contribution in [3.8, 4) is 17.2 Å². The molecule has 0 aliphatic heterocycles. The van der Waals surface area contributed by atoms with Crippen molar-refractivity contribution in [2.45, 2.75) is 11.4 Å². The summed E-state index contributed by atoms with van der Waals surface area (Å²) in [5, 5.41) is 0. The SMILES string of the molecule is COC(=O)/C=C/c1cccc(S(=O)(=O)NCc2cc(OC)c(OC)c(OC)c2)c1. The fraction of sp³-hybridized carbons (Fsp3) is 0.250. The highest BCUT2D eigenvalue weighted by molar-refractivity contribution is 7.89. The van der Waals surface area contributed by atoms with E-state index in [9.17, 15) is 13.2 Å². The molecular weight excluding hydrogens is 398 g/mol. The number of sulfonamides is 1. The van der Waals surface area contributed by atoms with Gasteiger partial charge in [-0.25, -0.2) is 17.9 Å². The van der Waals surface area contributed by atoms with Gasteiger partial charge in [-0.3, -0.25) is 0 Å². The summed E-state index contributed by atoms with van der Waals surface area (Å²) in [6, 6.07) is 9.52. The van der Waals surface area contributed by atoms with Crippen molar-refractivity contribution in [3.63, 3.8) is 0 Å². The standard InChI is InChI=1S/C20H23NO7S/c1-25-17-11-15(12-18(26-2)20(17)28-4)13-21-29(23,24)16-7-5-6-14(10-16)8-9-19(22)27-3/h5-12,21H,13H2,1-4H3/b9-8+. The fourth-order valence-corrected chi connectivity index (χ4v) is 3.59. The maximum Gasteiger partial charge on any atom is 0.330 e. The minimum absolute atomic E-state index is 0.0152. The zero-order chi connectivity index (χ0) is 21.4. The van der Waals surface area contributed by atoms with Gasteiger partial charge < -0.3 is 18.9 Å². The van der Waals surface area contributed by atoms with Gasteiger partial charge in [0.25, 0.3) is 0 Å². The fourth-order valence-electron chi connectivity index (χ4n) is 2.52. The summed E-state index contributed by atoms with van der Waals surface area (Å²) < 4.78 is 48.2. The molecule has 156 valence electrons. The normalized spacial score (nSPS) is 11.3. The number of benzene rings is 2. The summed E-state index contributed by atoms with van der Waals surface area (Å²) in [5.41, 5.74) is 1.18. The average Bonchev–Trinajstić information content (AvgIpc) is 2.75. The molecule has 0 unspecified atom stereocenters. The van der Waals surface area contributed by atoms with Crippen LogP contribution in [0.4, 0.5) is 0 Å². The van der Waals surface area contributed by atoms with Crippen molar-refractivity contribution >= 4 is 22.1 Å². The van der Waals surface area contributed by atoms with E-state index in [0.29, 0.717) is 28.4 Å². The molecule has 0 aliphatic rings. The molecule has 0 atom stereocenters. The molecule has 0 bridgehead atoms. The van der Waals surface area contributed by atoms with Crippen LogP contribution in [0.3, 0.4) is 0 Å². The lowest BCUT2D eigenvalue weighted by molar-refractivity contribution is -0.134. The molecule has 0 saturated carbocycles. The van der Waals surface area contributed by atoms with Gasteiger partial charge in [-0.1, -0.05) is 12.1 Å².